The van der Waals surface area contributed by atoms with Crippen LogP contribution in [0.1, 0.15) is 34.6 Å². The van der Waals surface area contributed by atoms with Gasteiger partial charge in [0.25, 0.3) is 5.91 Å². The number of methoxy groups -OCH3 is 1. The summed E-state index contributed by atoms with van der Waals surface area (Å²) < 4.78 is 5.40. The highest BCUT2D eigenvalue weighted by Gasteiger charge is 2.66. The number of aromatic amines is 1. The van der Waals surface area contributed by atoms with Gasteiger partial charge in [0.2, 0.25) is 0 Å². The number of imidazole rings is 1. The molecule has 0 bridgehead atoms. The highest BCUT2D eigenvalue weighted by molar-refractivity contribution is 6.32. The van der Waals surface area contributed by atoms with Gasteiger partial charge in [-0.05, 0) is 61.6 Å². The second-order valence-corrected chi connectivity index (χ2v) is 8.83. The summed E-state index contributed by atoms with van der Waals surface area (Å²) in [4.78, 5) is 25.7. The van der Waals surface area contributed by atoms with Crippen molar-refractivity contribution >= 4 is 28.5 Å². The summed E-state index contributed by atoms with van der Waals surface area (Å²) in [6.07, 6.45) is 5.02. The van der Waals surface area contributed by atoms with Gasteiger partial charge < -0.3 is 14.6 Å². The lowest BCUT2D eigenvalue weighted by atomic mass is 10.1. The van der Waals surface area contributed by atoms with Crippen molar-refractivity contribution < 1.29 is 9.53 Å². The Bertz CT molecular complexity index is 1360. The number of aryl methyl sites for hydroxylation is 1. The summed E-state index contributed by atoms with van der Waals surface area (Å²) >= 11 is 6.32. The molecule has 9 heteroatoms. The molecule has 4 aromatic rings. The van der Waals surface area contributed by atoms with Gasteiger partial charge >= 0.3 is 0 Å². The van der Waals surface area contributed by atoms with E-state index in [1.807, 2.05) is 30.0 Å². The zero-order valence-electron chi connectivity index (χ0n) is 17.7. The minimum absolute atomic E-state index is 0.0774. The Hall–Kier alpha value is -3.39. The fraction of sp³-hybridized carbons (Fsp3) is 0.304. The molecule has 0 unspecified atom stereocenters. The van der Waals surface area contributed by atoms with Gasteiger partial charge in [-0.1, -0.05) is 11.6 Å². The van der Waals surface area contributed by atoms with Crippen molar-refractivity contribution in [2.24, 2.45) is 5.92 Å². The van der Waals surface area contributed by atoms with E-state index in [0.717, 1.165) is 35.3 Å². The average molecular weight is 449 g/mol. The van der Waals surface area contributed by atoms with Gasteiger partial charge in [0, 0.05) is 11.6 Å². The Balaban J connectivity index is 1.45. The van der Waals surface area contributed by atoms with E-state index in [1.165, 1.54) is 4.80 Å². The van der Waals surface area contributed by atoms with Crippen LogP contribution in [0.25, 0.3) is 16.7 Å². The van der Waals surface area contributed by atoms with Gasteiger partial charge in [-0.3, -0.25) is 4.79 Å². The van der Waals surface area contributed by atoms with Crippen molar-refractivity contribution in [3.63, 3.8) is 0 Å². The number of carbonyl (C=O) groups excluding carboxylic acids is 1. The molecule has 1 N–H and O–H groups in total. The van der Waals surface area contributed by atoms with E-state index in [-0.39, 0.29) is 5.91 Å². The predicted molar refractivity (Wildman–Crippen MR) is 119 cm³/mol. The van der Waals surface area contributed by atoms with Gasteiger partial charge in [-0.25, -0.2) is 4.98 Å². The van der Waals surface area contributed by atoms with Crippen LogP contribution in [0.2, 0.25) is 5.02 Å². The number of piperidine rings is 1. The van der Waals surface area contributed by atoms with Crippen LogP contribution in [0, 0.1) is 12.8 Å². The molecular formula is C23H21ClN6O2. The van der Waals surface area contributed by atoms with E-state index in [9.17, 15) is 4.79 Å². The van der Waals surface area contributed by atoms with Crippen molar-refractivity contribution in [1.82, 2.24) is 29.9 Å². The lowest BCUT2D eigenvalue weighted by molar-refractivity contribution is 0.0680. The fourth-order valence-corrected chi connectivity index (χ4v) is 5.20. The van der Waals surface area contributed by atoms with Crippen LogP contribution < -0.4 is 4.74 Å². The summed E-state index contributed by atoms with van der Waals surface area (Å²) in [5, 5.41) is 9.15. The molecule has 1 aliphatic carbocycles. The second kappa shape index (κ2) is 6.80. The molecule has 2 aromatic carbocycles. The number of likely N-dealkylation sites (tertiary alicyclic amines) is 1. The number of halogens is 1. The fourth-order valence-electron chi connectivity index (χ4n) is 5.04. The Morgan fingerprint density at radius 1 is 1.25 bits per heavy atom. The summed E-state index contributed by atoms with van der Waals surface area (Å²) in [7, 11) is 1.59. The number of hydrogen-bond donors (Lipinski definition) is 1. The lowest BCUT2D eigenvalue weighted by Gasteiger charge is -2.28. The maximum Gasteiger partial charge on any atom is 0.257 e. The SMILES string of the molecule is COc1ccc(-n2nccn2)c(C(=O)N2CC[C@@H]3C[C@@]32c2nc3ccc(Cl)c(C)c3[nH]2)c1. The Morgan fingerprint density at radius 2 is 2.06 bits per heavy atom. The van der Waals surface area contributed by atoms with Crippen molar-refractivity contribution in [2.75, 3.05) is 13.7 Å². The predicted octanol–water partition coefficient (Wildman–Crippen LogP) is 3.88. The van der Waals surface area contributed by atoms with Crippen LogP contribution in [0.5, 0.6) is 5.75 Å². The molecule has 0 radical (unpaired) electrons. The van der Waals surface area contributed by atoms with E-state index in [2.05, 4.69) is 15.2 Å². The zero-order valence-corrected chi connectivity index (χ0v) is 18.4. The van der Waals surface area contributed by atoms with Gasteiger partial charge in [0.1, 0.15) is 17.1 Å². The monoisotopic (exact) mass is 448 g/mol. The molecule has 0 spiro atoms. The number of aromatic nitrogens is 5. The van der Waals surface area contributed by atoms with E-state index in [0.29, 0.717) is 34.5 Å². The normalized spacial score (nSPS) is 21.7. The smallest absolute Gasteiger partial charge is 0.257 e. The topological polar surface area (TPSA) is 88.9 Å². The summed E-state index contributed by atoms with van der Waals surface area (Å²) in [5.74, 6) is 1.75. The van der Waals surface area contributed by atoms with Gasteiger partial charge in [-0.15, -0.1) is 0 Å². The van der Waals surface area contributed by atoms with E-state index < -0.39 is 5.54 Å². The number of H-pyrrole nitrogens is 1. The average Bonchev–Trinajstić information content (AvgIpc) is 3.24. The number of fused-ring (bicyclic) bond motifs is 2. The number of nitrogens with one attached hydrogen (secondary N) is 1. The maximum atomic E-state index is 13.9. The molecule has 1 amide bonds. The number of carbonyl (C=O) groups is 1. The number of rotatable bonds is 4. The molecule has 1 saturated carbocycles. The third-order valence-corrected chi connectivity index (χ3v) is 7.24. The number of ether oxygens (including phenoxy) is 1. The van der Waals surface area contributed by atoms with Crippen molar-refractivity contribution in [3.05, 3.63) is 64.7 Å². The summed E-state index contributed by atoms with van der Waals surface area (Å²) in [5.41, 5.74) is 3.45. The van der Waals surface area contributed by atoms with Crippen molar-refractivity contribution in [2.45, 2.75) is 25.3 Å². The van der Waals surface area contributed by atoms with Crippen LogP contribution in [0.3, 0.4) is 0 Å². The van der Waals surface area contributed by atoms with Crippen LogP contribution in [-0.4, -0.2) is 49.4 Å². The number of nitrogens with zero attached hydrogens (tertiary/aromatic N) is 5. The summed E-state index contributed by atoms with van der Waals surface area (Å²) in [6.45, 7) is 2.65. The Morgan fingerprint density at radius 3 is 2.81 bits per heavy atom. The Kier molecular flexibility index (Phi) is 4.10. The van der Waals surface area contributed by atoms with Crippen LogP contribution in [0.4, 0.5) is 0 Å². The molecule has 6 rings (SSSR count). The third-order valence-electron chi connectivity index (χ3n) is 6.83. The second-order valence-electron chi connectivity index (χ2n) is 8.42. The first kappa shape index (κ1) is 19.3. The van der Waals surface area contributed by atoms with Crippen LogP contribution >= 0.6 is 11.6 Å². The molecule has 1 aliphatic heterocycles. The highest BCUT2D eigenvalue weighted by atomic mass is 35.5. The van der Waals surface area contributed by atoms with Crippen LogP contribution in [0.15, 0.2) is 42.7 Å². The first-order valence-corrected chi connectivity index (χ1v) is 10.9. The molecule has 2 aliphatic rings. The third kappa shape index (κ3) is 2.62. The number of hydrogen-bond acceptors (Lipinski definition) is 5. The molecule has 32 heavy (non-hydrogen) atoms. The Labute approximate surface area is 189 Å². The zero-order chi connectivity index (χ0) is 22.0. The first-order chi connectivity index (χ1) is 15.5. The first-order valence-electron chi connectivity index (χ1n) is 10.5. The molecule has 3 heterocycles. The van der Waals surface area contributed by atoms with Crippen molar-refractivity contribution in [1.29, 1.82) is 0 Å². The van der Waals surface area contributed by atoms with Gasteiger partial charge in [0.15, 0.2) is 0 Å². The lowest BCUT2D eigenvalue weighted by Crippen LogP contribution is -2.39. The van der Waals surface area contributed by atoms with E-state index in [4.69, 9.17) is 21.3 Å². The quantitative estimate of drug-likeness (QED) is 0.512. The largest absolute Gasteiger partial charge is 0.497 e. The summed E-state index contributed by atoms with van der Waals surface area (Å²) in [6, 6.07) is 9.16. The van der Waals surface area contributed by atoms with Crippen molar-refractivity contribution in [3.8, 4) is 11.4 Å². The molecule has 162 valence electrons. The van der Waals surface area contributed by atoms with E-state index >= 15 is 0 Å². The van der Waals surface area contributed by atoms with Crippen LogP contribution in [-0.2, 0) is 5.54 Å². The van der Waals surface area contributed by atoms with Gasteiger partial charge in [-0.2, -0.15) is 15.0 Å². The highest BCUT2D eigenvalue weighted by Crippen LogP contribution is 2.62. The molecular weight excluding hydrogens is 428 g/mol. The van der Waals surface area contributed by atoms with Gasteiger partial charge in [0.05, 0.1) is 41.8 Å². The molecule has 2 atom stereocenters. The number of benzene rings is 2. The number of amides is 1. The minimum Gasteiger partial charge on any atom is -0.497 e. The molecule has 2 aromatic heterocycles. The molecule has 1 saturated heterocycles. The standard InChI is InChI=1S/C23H21ClN6O2/c1-13-17(24)4-5-18-20(13)28-22(27-18)23-12-14(23)7-10-29(23)21(31)16-11-15(32-2)3-6-19(16)30-25-8-9-26-30/h3-6,8-9,11,14H,7,10,12H2,1-2H3,(H,27,28)/t14-,23+/m1/s1. The maximum absolute atomic E-state index is 13.9. The molecule has 8 nitrogen and oxygen atoms in total. The molecule has 2 fully saturated rings. The minimum atomic E-state index is -0.424. The van der Waals surface area contributed by atoms with E-state index in [1.54, 1.807) is 31.6 Å².